The molecule has 1 aliphatic carbocycles. The SMILES string of the molecule is CCC(CC)(c1ccccc1)c1ccc(N(c2ccc3c(c2)-c2cc4ccccc4cc2C3(C)C)c2ccc3ccccc3c2-c2cccc3c2sc2ccccc23)cc1. The quantitative estimate of drug-likeness (QED) is 0.148. The van der Waals surface area contributed by atoms with Crippen molar-refractivity contribution in [1.82, 2.24) is 0 Å². The number of anilines is 3. The number of benzene rings is 9. The van der Waals surface area contributed by atoms with Gasteiger partial charge in [0.2, 0.25) is 0 Å². The first-order valence-corrected chi connectivity index (χ1v) is 22.3. The highest BCUT2D eigenvalue weighted by atomic mass is 32.1. The molecule has 0 unspecified atom stereocenters. The standard InChI is InChI=1S/C58H47NS/c1-5-58(6-2,41-20-8-7-9-21-41)42-28-30-43(31-29-42)59(44-32-33-51-50(37-44)49-35-39-18-10-11-19-40(39)36-52(49)57(51,3)4)53-34-27-38-17-12-13-22-45(38)55(53)48-25-16-24-47-46-23-14-15-26-54(46)60-56(47)48/h7-37H,5-6H2,1-4H3. The van der Waals surface area contributed by atoms with Crippen LogP contribution in [0.4, 0.5) is 17.1 Å². The number of rotatable bonds is 8. The van der Waals surface area contributed by atoms with E-state index in [-0.39, 0.29) is 10.8 Å². The van der Waals surface area contributed by atoms with E-state index in [2.05, 4.69) is 221 Å². The van der Waals surface area contributed by atoms with Gasteiger partial charge < -0.3 is 4.90 Å². The van der Waals surface area contributed by atoms with E-state index in [1.165, 1.54) is 91.9 Å². The van der Waals surface area contributed by atoms with E-state index in [1.54, 1.807) is 0 Å². The maximum Gasteiger partial charge on any atom is 0.0547 e. The second-order valence-electron chi connectivity index (χ2n) is 17.1. The minimum Gasteiger partial charge on any atom is -0.310 e. The van der Waals surface area contributed by atoms with E-state index < -0.39 is 0 Å². The lowest BCUT2D eigenvalue weighted by Crippen LogP contribution is -2.26. The lowest BCUT2D eigenvalue weighted by molar-refractivity contribution is 0.478. The molecular formula is C58H47NS. The molecule has 60 heavy (non-hydrogen) atoms. The summed E-state index contributed by atoms with van der Waals surface area (Å²) in [5.74, 6) is 0. The maximum atomic E-state index is 2.53. The molecule has 11 rings (SSSR count). The van der Waals surface area contributed by atoms with Gasteiger partial charge >= 0.3 is 0 Å². The Morgan fingerprint density at radius 1 is 0.467 bits per heavy atom. The fourth-order valence-corrected chi connectivity index (χ4v) is 11.8. The summed E-state index contributed by atoms with van der Waals surface area (Å²) < 4.78 is 2.64. The monoisotopic (exact) mass is 789 g/mol. The Bertz CT molecular complexity index is 3260. The normalized spacial score (nSPS) is 13.3. The molecule has 0 N–H and O–H groups in total. The molecule has 0 saturated heterocycles. The Labute approximate surface area is 357 Å². The molecule has 10 aromatic rings. The second kappa shape index (κ2) is 14.1. The molecule has 0 bridgehead atoms. The Morgan fingerprint density at radius 3 is 1.85 bits per heavy atom. The third-order valence-corrected chi connectivity index (χ3v) is 15.0. The molecule has 290 valence electrons. The number of thiophene rings is 1. The zero-order chi connectivity index (χ0) is 40.6. The molecule has 9 aromatic carbocycles. The van der Waals surface area contributed by atoms with Gasteiger partial charge in [-0.2, -0.15) is 0 Å². The summed E-state index contributed by atoms with van der Waals surface area (Å²) in [5.41, 5.74) is 13.9. The number of nitrogens with zero attached hydrogens (tertiary/aromatic N) is 1. The summed E-state index contributed by atoms with van der Waals surface area (Å²) in [7, 11) is 0. The molecule has 0 aliphatic heterocycles. The zero-order valence-corrected chi connectivity index (χ0v) is 35.5. The van der Waals surface area contributed by atoms with Crippen LogP contribution in [0.2, 0.25) is 0 Å². The Morgan fingerprint density at radius 2 is 1.08 bits per heavy atom. The van der Waals surface area contributed by atoms with Crippen molar-refractivity contribution < 1.29 is 0 Å². The van der Waals surface area contributed by atoms with Crippen molar-refractivity contribution in [2.24, 2.45) is 0 Å². The van der Waals surface area contributed by atoms with Crippen LogP contribution < -0.4 is 4.90 Å². The first-order valence-electron chi connectivity index (χ1n) is 21.5. The van der Waals surface area contributed by atoms with Crippen molar-refractivity contribution in [3.05, 3.63) is 210 Å². The van der Waals surface area contributed by atoms with Crippen LogP contribution in [0.5, 0.6) is 0 Å². The Hall–Kier alpha value is -6.48. The minimum atomic E-state index is -0.119. The summed E-state index contributed by atoms with van der Waals surface area (Å²) in [4.78, 5) is 2.53. The lowest BCUT2D eigenvalue weighted by atomic mass is 9.70. The van der Waals surface area contributed by atoms with Crippen molar-refractivity contribution >= 4 is 70.1 Å². The molecule has 0 fully saturated rings. The molecule has 0 saturated carbocycles. The van der Waals surface area contributed by atoms with Crippen LogP contribution in [-0.2, 0) is 10.8 Å². The van der Waals surface area contributed by atoms with Crippen molar-refractivity contribution in [3.8, 4) is 22.3 Å². The van der Waals surface area contributed by atoms with Gasteiger partial charge in [-0.1, -0.05) is 167 Å². The lowest BCUT2D eigenvalue weighted by Gasteiger charge is -2.34. The van der Waals surface area contributed by atoms with Crippen LogP contribution in [0.15, 0.2) is 188 Å². The van der Waals surface area contributed by atoms with E-state index in [0.29, 0.717) is 0 Å². The third kappa shape index (κ3) is 5.51. The topological polar surface area (TPSA) is 3.24 Å². The van der Waals surface area contributed by atoms with Crippen LogP contribution in [0.3, 0.4) is 0 Å². The number of fused-ring (bicyclic) bond motifs is 8. The van der Waals surface area contributed by atoms with Gasteiger partial charge in [-0.05, 0) is 116 Å². The van der Waals surface area contributed by atoms with Crippen molar-refractivity contribution in [1.29, 1.82) is 0 Å². The van der Waals surface area contributed by atoms with E-state index in [4.69, 9.17) is 0 Å². The van der Waals surface area contributed by atoms with Gasteiger partial charge in [0, 0.05) is 53.5 Å². The molecule has 1 aromatic heterocycles. The van der Waals surface area contributed by atoms with Gasteiger partial charge in [-0.3, -0.25) is 0 Å². The first kappa shape index (κ1) is 36.6. The van der Waals surface area contributed by atoms with Gasteiger partial charge in [-0.25, -0.2) is 0 Å². The minimum absolute atomic E-state index is 0.0683. The zero-order valence-electron chi connectivity index (χ0n) is 34.7. The second-order valence-corrected chi connectivity index (χ2v) is 18.2. The van der Waals surface area contributed by atoms with Crippen LogP contribution in [0, 0.1) is 0 Å². The summed E-state index contributed by atoms with van der Waals surface area (Å²) in [6.07, 6.45) is 2.05. The molecule has 2 heteroatoms. The fourth-order valence-electron chi connectivity index (χ4n) is 10.6. The third-order valence-electron chi connectivity index (χ3n) is 13.8. The van der Waals surface area contributed by atoms with Crippen LogP contribution >= 0.6 is 11.3 Å². The predicted octanol–water partition coefficient (Wildman–Crippen LogP) is 16.9. The molecule has 0 amide bonds. The predicted molar refractivity (Wildman–Crippen MR) is 260 cm³/mol. The van der Waals surface area contributed by atoms with Crippen LogP contribution in [-0.4, -0.2) is 0 Å². The summed E-state index contributed by atoms with van der Waals surface area (Å²) >= 11 is 1.90. The molecule has 0 spiro atoms. The van der Waals surface area contributed by atoms with Gasteiger partial charge in [0.05, 0.1) is 5.69 Å². The largest absolute Gasteiger partial charge is 0.310 e. The summed E-state index contributed by atoms with van der Waals surface area (Å²) in [6.45, 7) is 9.44. The van der Waals surface area contributed by atoms with E-state index >= 15 is 0 Å². The Balaban J connectivity index is 1.18. The number of hydrogen-bond acceptors (Lipinski definition) is 2. The maximum absolute atomic E-state index is 2.53. The average Bonchev–Trinajstić information content (AvgIpc) is 3.78. The molecular weight excluding hydrogens is 743 g/mol. The fraction of sp³-hybridized carbons (Fsp3) is 0.138. The smallest absolute Gasteiger partial charge is 0.0547 e. The van der Waals surface area contributed by atoms with Gasteiger partial charge in [0.15, 0.2) is 0 Å². The Kier molecular flexibility index (Phi) is 8.58. The molecule has 0 atom stereocenters. The van der Waals surface area contributed by atoms with Gasteiger partial charge in [0.1, 0.15) is 0 Å². The first-order chi connectivity index (χ1) is 29.4. The summed E-state index contributed by atoms with van der Waals surface area (Å²) in [6, 6.07) is 70.8. The van der Waals surface area contributed by atoms with Crippen molar-refractivity contribution in [3.63, 3.8) is 0 Å². The molecule has 1 aliphatic rings. The summed E-state index contributed by atoms with van der Waals surface area (Å²) in [5, 5.41) is 7.68. The molecule has 1 nitrogen and oxygen atoms in total. The van der Waals surface area contributed by atoms with Gasteiger partial charge in [0.25, 0.3) is 0 Å². The van der Waals surface area contributed by atoms with Crippen LogP contribution in [0.1, 0.15) is 62.8 Å². The molecule has 1 heterocycles. The van der Waals surface area contributed by atoms with E-state index in [0.717, 1.165) is 24.2 Å². The highest BCUT2D eigenvalue weighted by Crippen LogP contribution is 2.54. The van der Waals surface area contributed by atoms with Gasteiger partial charge in [-0.15, -0.1) is 11.3 Å². The number of hydrogen-bond donors (Lipinski definition) is 0. The average molecular weight is 790 g/mol. The van der Waals surface area contributed by atoms with E-state index in [1.807, 2.05) is 11.3 Å². The van der Waals surface area contributed by atoms with Crippen LogP contribution in [0.25, 0.3) is 64.0 Å². The highest BCUT2D eigenvalue weighted by molar-refractivity contribution is 7.26. The van der Waals surface area contributed by atoms with Crippen molar-refractivity contribution in [2.75, 3.05) is 4.90 Å². The highest BCUT2D eigenvalue weighted by Gasteiger charge is 2.37. The van der Waals surface area contributed by atoms with Crippen molar-refractivity contribution in [2.45, 2.75) is 51.4 Å². The molecule has 0 radical (unpaired) electrons. The van der Waals surface area contributed by atoms with E-state index in [9.17, 15) is 0 Å².